The zero-order valence-electron chi connectivity index (χ0n) is 10.5. The summed E-state index contributed by atoms with van der Waals surface area (Å²) in [6, 6.07) is 3.09. The third kappa shape index (κ3) is 4.28. The topological polar surface area (TPSA) is 110 Å². The van der Waals surface area contributed by atoms with Crippen LogP contribution in [0.25, 0.3) is 0 Å². The second-order valence-corrected chi connectivity index (χ2v) is 4.54. The highest BCUT2D eigenvalue weighted by atomic mass is 16.6. The number of rotatable bonds is 2. The molecule has 0 bridgehead atoms. The van der Waals surface area contributed by atoms with Gasteiger partial charge in [0.25, 0.3) is 0 Å². The van der Waals surface area contributed by atoms with Gasteiger partial charge in [-0.2, -0.15) is 0 Å². The smallest absolute Gasteiger partial charge is 0.412 e. The van der Waals surface area contributed by atoms with E-state index in [-0.39, 0.29) is 5.84 Å². The Hall–Kier alpha value is -2.31. The molecule has 1 aromatic rings. The van der Waals surface area contributed by atoms with E-state index in [1.54, 1.807) is 26.8 Å². The molecule has 1 amide bonds. The van der Waals surface area contributed by atoms with Crippen LogP contribution in [0.4, 0.5) is 10.5 Å². The molecule has 0 saturated heterocycles. The number of nitrogens with zero attached hydrogens (tertiary/aromatic N) is 2. The number of hydrogen-bond donors (Lipinski definition) is 3. The minimum atomic E-state index is -0.569. The number of hydrogen-bond acceptors (Lipinski definition) is 5. The standard InChI is InChI=1S/C11H16N4O3/c1-11(2,3)18-10(16)14-7-4-5-8(13-6-7)9(12)15-17/h4-6,17H,1-3H3,(H2,12,15)(H,14,16). The molecule has 0 aromatic carbocycles. The Kier molecular flexibility index (Phi) is 4.09. The number of ether oxygens (including phenoxy) is 1. The van der Waals surface area contributed by atoms with Crippen molar-refractivity contribution in [2.45, 2.75) is 26.4 Å². The van der Waals surface area contributed by atoms with Crippen molar-refractivity contribution in [2.24, 2.45) is 10.9 Å². The molecular weight excluding hydrogens is 236 g/mol. The largest absolute Gasteiger partial charge is 0.444 e. The van der Waals surface area contributed by atoms with Crippen LogP contribution in [0.5, 0.6) is 0 Å². The first-order valence-corrected chi connectivity index (χ1v) is 5.26. The van der Waals surface area contributed by atoms with Gasteiger partial charge in [0.05, 0.1) is 11.9 Å². The van der Waals surface area contributed by atoms with Gasteiger partial charge < -0.3 is 15.7 Å². The van der Waals surface area contributed by atoms with Crippen LogP contribution in [-0.2, 0) is 4.74 Å². The average Bonchev–Trinajstić information content (AvgIpc) is 2.26. The lowest BCUT2D eigenvalue weighted by molar-refractivity contribution is 0.0636. The Morgan fingerprint density at radius 1 is 1.50 bits per heavy atom. The number of carbonyl (C=O) groups is 1. The molecule has 0 atom stereocenters. The van der Waals surface area contributed by atoms with Crippen molar-refractivity contribution >= 4 is 17.6 Å². The van der Waals surface area contributed by atoms with Gasteiger partial charge in [-0.1, -0.05) is 5.16 Å². The third-order valence-electron chi connectivity index (χ3n) is 1.78. The summed E-state index contributed by atoms with van der Waals surface area (Å²) < 4.78 is 5.07. The minimum absolute atomic E-state index is 0.0983. The fourth-order valence-corrected chi connectivity index (χ4v) is 1.09. The van der Waals surface area contributed by atoms with Crippen molar-refractivity contribution < 1.29 is 14.7 Å². The summed E-state index contributed by atoms with van der Waals surface area (Å²) >= 11 is 0. The van der Waals surface area contributed by atoms with Gasteiger partial charge in [0.2, 0.25) is 0 Å². The lowest BCUT2D eigenvalue weighted by Crippen LogP contribution is -2.27. The van der Waals surface area contributed by atoms with Gasteiger partial charge in [0.1, 0.15) is 11.3 Å². The maximum atomic E-state index is 11.5. The first kappa shape index (κ1) is 13.8. The van der Waals surface area contributed by atoms with Crippen LogP contribution in [0, 0.1) is 0 Å². The molecular formula is C11H16N4O3. The van der Waals surface area contributed by atoms with Crippen LogP contribution in [0.3, 0.4) is 0 Å². The van der Waals surface area contributed by atoms with Crippen molar-refractivity contribution in [3.63, 3.8) is 0 Å². The van der Waals surface area contributed by atoms with Gasteiger partial charge >= 0.3 is 6.09 Å². The molecule has 1 rings (SSSR count). The van der Waals surface area contributed by atoms with E-state index in [2.05, 4.69) is 15.5 Å². The predicted octanol–water partition coefficient (Wildman–Crippen LogP) is 1.52. The van der Waals surface area contributed by atoms with Crippen LogP contribution in [-0.4, -0.2) is 27.7 Å². The monoisotopic (exact) mass is 252 g/mol. The Bertz CT molecular complexity index is 448. The molecule has 1 heterocycles. The number of aromatic nitrogens is 1. The maximum Gasteiger partial charge on any atom is 0.412 e. The van der Waals surface area contributed by atoms with E-state index in [0.29, 0.717) is 11.4 Å². The van der Waals surface area contributed by atoms with Gasteiger partial charge in [-0.15, -0.1) is 0 Å². The average molecular weight is 252 g/mol. The molecule has 7 heteroatoms. The van der Waals surface area contributed by atoms with Gasteiger partial charge in [-0.05, 0) is 32.9 Å². The quantitative estimate of drug-likeness (QED) is 0.320. The number of nitrogens with one attached hydrogen (secondary N) is 1. The van der Waals surface area contributed by atoms with E-state index in [4.69, 9.17) is 15.7 Å². The minimum Gasteiger partial charge on any atom is -0.444 e. The molecule has 0 aliphatic heterocycles. The van der Waals surface area contributed by atoms with Crippen molar-refractivity contribution in [3.05, 3.63) is 24.0 Å². The molecule has 0 aliphatic carbocycles. The van der Waals surface area contributed by atoms with E-state index in [9.17, 15) is 4.79 Å². The van der Waals surface area contributed by atoms with Crippen LogP contribution in [0.1, 0.15) is 26.5 Å². The number of amides is 1. The molecule has 0 radical (unpaired) electrons. The summed E-state index contributed by atoms with van der Waals surface area (Å²) in [6.45, 7) is 5.31. The summed E-state index contributed by atoms with van der Waals surface area (Å²) in [7, 11) is 0. The Labute approximate surface area is 105 Å². The van der Waals surface area contributed by atoms with Crippen LogP contribution in [0.15, 0.2) is 23.5 Å². The van der Waals surface area contributed by atoms with E-state index in [0.717, 1.165) is 0 Å². The second kappa shape index (κ2) is 5.35. The molecule has 98 valence electrons. The predicted molar refractivity (Wildman–Crippen MR) is 66.6 cm³/mol. The lowest BCUT2D eigenvalue weighted by atomic mass is 10.2. The third-order valence-corrected chi connectivity index (χ3v) is 1.78. The molecule has 7 nitrogen and oxygen atoms in total. The SMILES string of the molecule is CC(C)(C)OC(=O)Nc1ccc(C(N)=NO)nc1. The summed E-state index contributed by atoms with van der Waals surface area (Å²) in [5.74, 6) is -0.0983. The van der Waals surface area contributed by atoms with E-state index < -0.39 is 11.7 Å². The van der Waals surface area contributed by atoms with E-state index in [1.165, 1.54) is 12.3 Å². The second-order valence-electron chi connectivity index (χ2n) is 4.54. The Morgan fingerprint density at radius 3 is 2.61 bits per heavy atom. The molecule has 0 fully saturated rings. The van der Waals surface area contributed by atoms with Crippen molar-refractivity contribution in [1.82, 2.24) is 4.98 Å². The highest BCUT2D eigenvalue weighted by Crippen LogP contribution is 2.11. The van der Waals surface area contributed by atoms with Crippen LogP contribution < -0.4 is 11.1 Å². The van der Waals surface area contributed by atoms with Crippen molar-refractivity contribution in [3.8, 4) is 0 Å². The zero-order valence-corrected chi connectivity index (χ0v) is 10.5. The Balaban J connectivity index is 2.67. The molecule has 0 spiro atoms. The molecule has 4 N–H and O–H groups in total. The summed E-state index contributed by atoms with van der Waals surface area (Å²) in [4.78, 5) is 15.4. The van der Waals surface area contributed by atoms with Crippen LogP contribution in [0.2, 0.25) is 0 Å². The van der Waals surface area contributed by atoms with Gasteiger partial charge in [0, 0.05) is 0 Å². The van der Waals surface area contributed by atoms with Crippen LogP contribution >= 0.6 is 0 Å². The first-order chi connectivity index (χ1) is 8.31. The van der Waals surface area contributed by atoms with Gasteiger partial charge in [0.15, 0.2) is 5.84 Å². The highest BCUT2D eigenvalue weighted by molar-refractivity contribution is 5.95. The fraction of sp³-hybridized carbons (Fsp3) is 0.364. The fourth-order valence-electron chi connectivity index (χ4n) is 1.09. The molecule has 0 aliphatic rings. The lowest BCUT2D eigenvalue weighted by Gasteiger charge is -2.19. The summed E-state index contributed by atoms with van der Waals surface area (Å²) in [5.41, 5.74) is 5.56. The van der Waals surface area contributed by atoms with E-state index in [1.807, 2.05) is 0 Å². The van der Waals surface area contributed by atoms with Crippen molar-refractivity contribution in [2.75, 3.05) is 5.32 Å². The molecule has 0 saturated carbocycles. The Morgan fingerprint density at radius 2 is 2.17 bits per heavy atom. The molecule has 0 unspecified atom stereocenters. The number of pyridine rings is 1. The maximum absolute atomic E-state index is 11.5. The first-order valence-electron chi connectivity index (χ1n) is 5.26. The number of oxime groups is 1. The zero-order chi connectivity index (χ0) is 13.8. The molecule has 18 heavy (non-hydrogen) atoms. The highest BCUT2D eigenvalue weighted by Gasteiger charge is 2.16. The number of carbonyl (C=O) groups excluding carboxylic acids is 1. The summed E-state index contributed by atoms with van der Waals surface area (Å²) in [5, 5.41) is 13.8. The number of anilines is 1. The van der Waals surface area contributed by atoms with Gasteiger partial charge in [-0.3, -0.25) is 10.3 Å². The molecule has 1 aromatic heterocycles. The number of amidine groups is 1. The van der Waals surface area contributed by atoms with E-state index >= 15 is 0 Å². The normalized spacial score (nSPS) is 12.1. The number of nitrogens with two attached hydrogens (primary N) is 1. The van der Waals surface area contributed by atoms with Gasteiger partial charge in [-0.25, -0.2) is 4.79 Å². The van der Waals surface area contributed by atoms with Crippen molar-refractivity contribution in [1.29, 1.82) is 0 Å². The summed E-state index contributed by atoms with van der Waals surface area (Å²) in [6.07, 6.45) is 0.818.